The van der Waals surface area contributed by atoms with E-state index in [9.17, 15) is 9.59 Å². The summed E-state index contributed by atoms with van der Waals surface area (Å²) in [5, 5.41) is 0. The number of esters is 1. The quantitative estimate of drug-likeness (QED) is 0.482. The molecule has 1 atom stereocenters. The first-order chi connectivity index (χ1) is 5.96. The van der Waals surface area contributed by atoms with Gasteiger partial charge in [-0.3, -0.25) is 9.59 Å². The predicted octanol–water partition coefficient (Wildman–Crippen LogP) is 1.72. The zero-order valence-corrected chi connectivity index (χ0v) is 8.42. The Bertz CT molecular complexity index is 220. The van der Waals surface area contributed by atoms with Gasteiger partial charge in [-0.1, -0.05) is 6.08 Å². The van der Waals surface area contributed by atoms with Crippen LogP contribution >= 0.6 is 0 Å². The summed E-state index contributed by atoms with van der Waals surface area (Å²) in [6, 6.07) is 0. The summed E-state index contributed by atoms with van der Waals surface area (Å²) in [7, 11) is 0. The highest BCUT2D eigenvalue weighted by Crippen LogP contribution is 2.24. The number of Topliss-reactive ketones (excluding diaryl/α,β-unsaturated/α-hetero) is 1. The number of rotatable bonds is 5. The molecule has 0 saturated carbocycles. The molecule has 0 saturated heterocycles. The van der Waals surface area contributed by atoms with Gasteiger partial charge in [-0.2, -0.15) is 0 Å². The molecule has 3 heteroatoms. The molecule has 74 valence electrons. The molecule has 0 rings (SSSR count). The molecule has 0 bridgehead atoms. The Morgan fingerprint density at radius 1 is 1.54 bits per heavy atom. The second kappa shape index (κ2) is 4.80. The van der Waals surface area contributed by atoms with Gasteiger partial charge in [0.2, 0.25) is 0 Å². The Morgan fingerprint density at radius 2 is 2.08 bits per heavy atom. The van der Waals surface area contributed by atoms with E-state index in [0.717, 1.165) is 0 Å². The minimum absolute atomic E-state index is 0.0691. The molecule has 0 aromatic carbocycles. The summed E-state index contributed by atoms with van der Waals surface area (Å²) in [5.74, 6) is -0.435. The zero-order valence-electron chi connectivity index (χ0n) is 8.42. The minimum atomic E-state index is -0.785. The van der Waals surface area contributed by atoms with E-state index in [1.54, 1.807) is 13.8 Å². The van der Waals surface area contributed by atoms with Gasteiger partial charge >= 0.3 is 5.97 Å². The van der Waals surface area contributed by atoms with Crippen LogP contribution in [0.3, 0.4) is 0 Å². The average Bonchev–Trinajstić information content (AvgIpc) is 2.04. The summed E-state index contributed by atoms with van der Waals surface area (Å²) in [5.41, 5.74) is -0.785. The van der Waals surface area contributed by atoms with E-state index in [1.807, 2.05) is 0 Å². The van der Waals surface area contributed by atoms with Crippen LogP contribution in [0.25, 0.3) is 0 Å². The van der Waals surface area contributed by atoms with E-state index in [4.69, 9.17) is 4.74 Å². The molecule has 0 amide bonds. The number of ketones is 1. The molecule has 3 nitrogen and oxygen atoms in total. The largest absolute Gasteiger partial charge is 0.466 e. The molecule has 0 aromatic heterocycles. The molecule has 0 fully saturated rings. The van der Waals surface area contributed by atoms with Crippen molar-refractivity contribution in [3.05, 3.63) is 12.7 Å². The molecule has 0 aliphatic carbocycles. The Labute approximate surface area is 78.8 Å². The molecule has 1 unspecified atom stereocenters. The van der Waals surface area contributed by atoms with Crippen molar-refractivity contribution in [2.45, 2.75) is 27.2 Å². The molecule has 0 aliphatic rings. The topological polar surface area (TPSA) is 43.4 Å². The predicted molar refractivity (Wildman–Crippen MR) is 50.2 cm³/mol. The summed E-state index contributed by atoms with van der Waals surface area (Å²) < 4.78 is 4.75. The minimum Gasteiger partial charge on any atom is -0.466 e. The zero-order chi connectivity index (χ0) is 10.5. The van der Waals surface area contributed by atoms with Gasteiger partial charge in [-0.15, -0.1) is 6.58 Å². The molecular formula is C10H16O3. The lowest BCUT2D eigenvalue weighted by Gasteiger charge is -2.20. The van der Waals surface area contributed by atoms with Crippen LogP contribution in [-0.2, 0) is 14.3 Å². The SMILES string of the molecule is C=CC(C)(CC(=O)OCC)C(C)=O. The van der Waals surface area contributed by atoms with Gasteiger partial charge in [0.15, 0.2) is 0 Å². The number of carbonyl (C=O) groups excluding carboxylic acids is 2. The number of carbonyl (C=O) groups is 2. The molecule has 0 aromatic rings. The third-order valence-electron chi connectivity index (χ3n) is 2.07. The number of hydrogen-bond donors (Lipinski definition) is 0. The van der Waals surface area contributed by atoms with Gasteiger partial charge in [0.25, 0.3) is 0 Å². The van der Waals surface area contributed by atoms with Crippen LogP contribution in [0.15, 0.2) is 12.7 Å². The second-order valence-electron chi connectivity index (χ2n) is 3.16. The molecule has 0 heterocycles. The molecule has 0 aliphatic heterocycles. The van der Waals surface area contributed by atoms with E-state index in [1.165, 1.54) is 13.0 Å². The third-order valence-corrected chi connectivity index (χ3v) is 2.07. The standard InChI is InChI=1S/C10H16O3/c1-5-10(4,8(3)11)7-9(12)13-6-2/h5H,1,6-7H2,2-4H3. The van der Waals surface area contributed by atoms with Gasteiger partial charge in [0.1, 0.15) is 5.78 Å². The third kappa shape index (κ3) is 3.40. The van der Waals surface area contributed by atoms with Crippen LogP contribution in [0.1, 0.15) is 27.2 Å². The van der Waals surface area contributed by atoms with Crippen LogP contribution in [-0.4, -0.2) is 18.4 Å². The normalized spacial score (nSPS) is 14.4. The van der Waals surface area contributed by atoms with Gasteiger partial charge < -0.3 is 4.74 Å². The maximum absolute atomic E-state index is 11.2. The molecule has 13 heavy (non-hydrogen) atoms. The van der Waals surface area contributed by atoms with Crippen molar-refractivity contribution in [3.8, 4) is 0 Å². The lowest BCUT2D eigenvalue weighted by molar-refractivity contribution is -0.147. The van der Waals surface area contributed by atoms with Crippen molar-refractivity contribution in [1.29, 1.82) is 0 Å². The first kappa shape index (κ1) is 11.9. The fraction of sp³-hybridized carbons (Fsp3) is 0.600. The fourth-order valence-electron chi connectivity index (χ4n) is 0.852. The molecule has 0 radical (unpaired) electrons. The maximum Gasteiger partial charge on any atom is 0.307 e. The molecule has 0 N–H and O–H groups in total. The first-order valence-electron chi connectivity index (χ1n) is 4.26. The lowest BCUT2D eigenvalue weighted by atomic mass is 9.83. The first-order valence-corrected chi connectivity index (χ1v) is 4.26. The number of allylic oxidation sites excluding steroid dienone is 1. The maximum atomic E-state index is 11.2. The molecular weight excluding hydrogens is 168 g/mol. The van der Waals surface area contributed by atoms with Crippen LogP contribution in [0, 0.1) is 5.41 Å². The summed E-state index contributed by atoms with van der Waals surface area (Å²) >= 11 is 0. The van der Waals surface area contributed by atoms with Crippen molar-refractivity contribution in [3.63, 3.8) is 0 Å². The lowest BCUT2D eigenvalue weighted by Crippen LogP contribution is -2.27. The Balaban J connectivity index is 4.36. The van der Waals surface area contributed by atoms with Crippen molar-refractivity contribution >= 4 is 11.8 Å². The highest BCUT2D eigenvalue weighted by Gasteiger charge is 2.29. The van der Waals surface area contributed by atoms with Crippen LogP contribution in [0.2, 0.25) is 0 Å². The van der Waals surface area contributed by atoms with E-state index in [0.29, 0.717) is 6.61 Å². The van der Waals surface area contributed by atoms with Crippen molar-refractivity contribution in [1.82, 2.24) is 0 Å². The van der Waals surface area contributed by atoms with Crippen LogP contribution in [0.5, 0.6) is 0 Å². The van der Waals surface area contributed by atoms with E-state index in [-0.39, 0.29) is 18.2 Å². The number of hydrogen-bond acceptors (Lipinski definition) is 3. The second-order valence-corrected chi connectivity index (χ2v) is 3.16. The summed E-state index contributed by atoms with van der Waals surface area (Å²) in [6.45, 7) is 8.73. The van der Waals surface area contributed by atoms with Gasteiger partial charge in [-0.25, -0.2) is 0 Å². The van der Waals surface area contributed by atoms with E-state index >= 15 is 0 Å². The van der Waals surface area contributed by atoms with Crippen LogP contribution < -0.4 is 0 Å². The smallest absolute Gasteiger partial charge is 0.307 e. The van der Waals surface area contributed by atoms with Crippen LogP contribution in [0.4, 0.5) is 0 Å². The van der Waals surface area contributed by atoms with Gasteiger partial charge in [0, 0.05) is 0 Å². The Hall–Kier alpha value is -1.12. The summed E-state index contributed by atoms with van der Waals surface area (Å²) in [6.07, 6.45) is 1.56. The fourth-order valence-corrected chi connectivity index (χ4v) is 0.852. The number of ether oxygens (including phenoxy) is 1. The van der Waals surface area contributed by atoms with E-state index < -0.39 is 5.41 Å². The van der Waals surface area contributed by atoms with Gasteiger partial charge in [0.05, 0.1) is 18.4 Å². The van der Waals surface area contributed by atoms with Crippen molar-refractivity contribution < 1.29 is 14.3 Å². The van der Waals surface area contributed by atoms with Crippen molar-refractivity contribution in [2.75, 3.05) is 6.61 Å². The summed E-state index contributed by atoms with van der Waals surface area (Å²) in [4.78, 5) is 22.3. The molecule has 0 spiro atoms. The van der Waals surface area contributed by atoms with Crippen molar-refractivity contribution in [2.24, 2.45) is 5.41 Å². The highest BCUT2D eigenvalue weighted by atomic mass is 16.5. The monoisotopic (exact) mass is 184 g/mol. The average molecular weight is 184 g/mol. The highest BCUT2D eigenvalue weighted by molar-refractivity contribution is 5.88. The Morgan fingerprint density at radius 3 is 2.38 bits per heavy atom. The Kier molecular flexibility index (Phi) is 4.38. The van der Waals surface area contributed by atoms with E-state index in [2.05, 4.69) is 6.58 Å². The van der Waals surface area contributed by atoms with Gasteiger partial charge in [-0.05, 0) is 20.8 Å².